The highest BCUT2D eigenvalue weighted by Crippen LogP contribution is 2.42. The zero-order chi connectivity index (χ0) is 16.1. The molecule has 2 heteroatoms. The summed E-state index contributed by atoms with van der Waals surface area (Å²) in [4.78, 5) is 17.2. The maximum absolute atomic E-state index is 12.7. The normalized spacial score (nSPS) is 12.2. The molecule has 1 heterocycles. The highest BCUT2D eigenvalue weighted by Gasteiger charge is 2.28. The number of nitrogens with zero attached hydrogens (tertiary/aromatic N) is 1. The number of hydrogen-bond acceptors (Lipinski definition) is 2. The van der Waals surface area contributed by atoms with Gasteiger partial charge in [-0.3, -0.25) is 9.78 Å². The van der Waals surface area contributed by atoms with E-state index in [0.717, 1.165) is 44.3 Å². The summed E-state index contributed by atoms with van der Waals surface area (Å²) >= 11 is 0. The van der Waals surface area contributed by atoms with Gasteiger partial charge < -0.3 is 0 Å². The van der Waals surface area contributed by atoms with Crippen LogP contribution in [-0.2, 0) is 0 Å². The number of rotatable bonds is 1. The molecule has 0 spiro atoms. The summed E-state index contributed by atoms with van der Waals surface area (Å²) in [5, 5.41) is 1.10. The van der Waals surface area contributed by atoms with Crippen LogP contribution in [0.5, 0.6) is 0 Å². The third-order valence-corrected chi connectivity index (χ3v) is 4.65. The number of fused-ring (bicyclic) bond motifs is 4. The molecule has 0 atom stereocenters. The van der Waals surface area contributed by atoms with Crippen LogP contribution in [0, 0.1) is 0 Å². The molecule has 3 aromatic carbocycles. The Labute approximate surface area is 139 Å². The predicted octanol–water partition coefficient (Wildman–Crippen LogP) is 5.11. The van der Waals surface area contributed by atoms with Crippen molar-refractivity contribution >= 4 is 16.7 Å². The standard InChI is InChI=1S/C22H13NO/c24-22-18-8-3-2-7-17(18)21-16(9-5-10-19(21)22)15-12-14-6-1-4-11-20(14)23-13-15/h1-13H. The molecule has 0 radical (unpaired) electrons. The van der Waals surface area contributed by atoms with Crippen molar-refractivity contribution in [2.24, 2.45) is 0 Å². The van der Waals surface area contributed by atoms with Crippen LogP contribution in [0.15, 0.2) is 79.0 Å². The first-order valence-electron chi connectivity index (χ1n) is 7.95. The first kappa shape index (κ1) is 13.2. The van der Waals surface area contributed by atoms with Crippen molar-refractivity contribution in [1.82, 2.24) is 4.98 Å². The number of aromatic nitrogens is 1. The molecule has 0 N–H and O–H groups in total. The molecular formula is C22H13NO. The summed E-state index contributed by atoms with van der Waals surface area (Å²) in [6, 6.07) is 24.0. The lowest BCUT2D eigenvalue weighted by Gasteiger charge is -2.10. The van der Waals surface area contributed by atoms with Crippen LogP contribution in [0.1, 0.15) is 15.9 Å². The van der Waals surface area contributed by atoms with Crippen molar-refractivity contribution in [3.05, 3.63) is 90.1 Å². The largest absolute Gasteiger partial charge is 0.289 e. The average molecular weight is 307 g/mol. The van der Waals surface area contributed by atoms with E-state index in [-0.39, 0.29) is 5.78 Å². The smallest absolute Gasteiger partial charge is 0.194 e. The summed E-state index contributed by atoms with van der Waals surface area (Å²) in [6.07, 6.45) is 1.89. The van der Waals surface area contributed by atoms with Crippen LogP contribution < -0.4 is 0 Å². The Balaban J connectivity index is 1.81. The van der Waals surface area contributed by atoms with Crippen LogP contribution in [0.2, 0.25) is 0 Å². The highest BCUT2D eigenvalue weighted by atomic mass is 16.1. The molecular weight excluding hydrogens is 294 g/mol. The number of ketones is 1. The second-order valence-electron chi connectivity index (χ2n) is 6.02. The predicted molar refractivity (Wildman–Crippen MR) is 96.0 cm³/mol. The third kappa shape index (κ3) is 1.77. The maximum atomic E-state index is 12.7. The van der Waals surface area contributed by atoms with Gasteiger partial charge in [-0.2, -0.15) is 0 Å². The number of para-hydroxylation sites is 1. The van der Waals surface area contributed by atoms with E-state index in [9.17, 15) is 4.79 Å². The van der Waals surface area contributed by atoms with Crippen LogP contribution in [0.4, 0.5) is 0 Å². The van der Waals surface area contributed by atoms with Crippen LogP contribution in [0.25, 0.3) is 33.2 Å². The molecule has 0 amide bonds. The average Bonchev–Trinajstić information content (AvgIpc) is 2.95. The van der Waals surface area contributed by atoms with Crippen molar-refractivity contribution in [2.45, 2.75) is 0 Å². The minimum Gasteiger partial charge on any atom is -0.289 e. The molecule has 0 unspecified atom stereocenters. The van der Waals surface area contributed by atoms with Gasteiger partial charge in [0, 0.05) is 33.8 Å². The van der Waals surface area contributed by atoms with E-state index in [1.165, 1.54) is 0 Å². The van der Waals surface area contributed by atoms with Crippen molar-refractivity contribution in [1.29, 1.82) is 0 Å². The van der Waals surface area contributed by atoms with Gasteiger partial charge in [0.15, 0.2) is 5.78 Å². The van der Waals surface area contributed by atoms with E-state index in [1.54, 1.807) is 0 Å². The van der Waals surface area contributed by atoms with Gasteiger partial charge in [-0.15, -0.1) is 0 Å². The lowest BCUT2D eigenvalue weighted by molar-refractivity contribution is 0.104. The van der Waals surface area contributed by atoms with Crippen molar-refractivity contribution in [2.75, 3.05) is 0 Å². The Bertz CT molecular complexity index is 1130. The van der Waals surface area contributed by atoms with Gasteiger partial charge >= 0.3 is 0 Å². The van der Waals surface area contributed by atoms with Gasteiger partial charge in [0.1, 0.15) is 0 Å². The summed E-state index contributed by atoms with van der Waals surface area (Å²) < 4.78 is 0. The molecule has 5 rings (SSSR count). The zero-order valence-electron chi connectivity index (χ0n) is 12.9. The lowest BCUT2D eigenvalue weighted by Crippen LogP contribution is -1.94. The fraction of sp³-hybridized carbons (Fsp3) is 0. The fourth-order valence-electron chi connectivity index (χ4n) is 3.53. The van der Waals surface area contributed by atoms with Crippen molar-refractivity contribution in [3.8, 4) is 22.3 Å². The Hall–Kier alpha value is -3.26. The Kier molecular flexibility index (Phi) is 2.68. The number of carbonyl (C=O) groups excluding carboxylic acids is 1. The van der Waals surface area contributed by atoms with Crippen LogP contribution in [-0.4, -0.2) is 10.8 Å². The van der Waals surface area contributed by atoms with Crippen LogP contribution in [0.3, 0.4) is 0 Å². The summed E-state index contributed by atoms with van der Waals surface area (Å²) in [7, 11) is 0. The molecule has 24 heavy (non-hydrogen) atoms. The van der Waals surface area contributed by atoms with E-state index >= 15 is 0 Å². The van der Waals surface area contributed by atoms with Gasteiger partial charge in [0.2, 0.25) is 0 Å². The Morgan fingerprint density at radius 2 is 1.38 bits per heavy atom. The third-order valence-electron chi connectivity index (χ3n) is 4.65. The Morgan fingerprint density at radius 3 is 2.29 bits per heavy atom. The molecule has 1 aromatic heterocycles. The Morgan fingerprint density at radius 1 is 0.667 bits per heavy atom. The van der Waals surface area contributed by atoms with E-state index in [0.29, 0.717) is 0 Å². The van der Waals surface area contributed by atoms with Gasteiger partial charge in [-0.25, -0.2) is 0 Å². The second kappa shape index (κ2) is 4.87. The molecule has 0 aliphatic heterocycles. The molecule has 1 aliphatic rings. The number of benzene rings is 3. The van der Waals surface area contributed by atoms with Crippen molar-refractivity contribution < 1.29 is 4.79 Å². The number of carbonyl (C=O) groups is 1. The van der Waals surface area contributed by atoms with E-state index in [2.05, 4.69) is 23.2 Å². The summed E-state index contributed by atoms with van der Waals surface area (Å²) in [5.41, 5.74) is 6.68. The fourth-order valence-corrected chi connectivity index (χ4v) is 3.53. The first-order valence-corrected chi connectivity index (χ1v) is 7.95. The summed E-state index contributed by atoms with van der Waals surface area (Å²) in [6.45, 7) is 0. The van der Waals surface area contributed by atoms with Crippen LogP contribution >= 0.6 is 0 Å². The monoisotopic (exact) mass is 307 g/mol. The second-order valence-corrected chi connectivity index (χ2v) is 6.02. The quantitative estimate of drug-likeness (QED) is 0.430. The molecule has 1 aliphatic carbocycles. The van der Waals surface area contributed by atoms with Gasteiger partial charge in [-0.05, 0) is 23.3 Å². The van der Waals surface area contributed by atoms with Crippen molar-refractivity contribution in [3.63, 3.8) is 0 Å². The molecule has 2 nitrogen and oxygen atoms in total. The highest BCUT2D eigenvalue weighted by molar-refractivity contribution is 6.23. The molecule has 0 saturated carbocycles. The van der Waals surface area contributed by atoms with E-state index in [1.807, 2.05) is 60.8 Å². The minimum absolute atomic E-state index is 0.108. The van der Waals surface area contributed by atoms with Gasteiger partial charge in [0.25, 0.3) is 0 Å². The molecule has 0 bridgehead atoms. The van der Waals surface area contributed by atoms with E-state index in [4.69, 9.17) is 0 Å². The molecule has 0 saturated heterocycles. The first-order chi connectivity index (χ1) is 11.8. The summed E-state index contributed by atoms with van der Waals surface area (Å²) in [5.74, 6) is 0.108. The lowest BCUT2D eigenvalue weighted by atomic mass is 9.94. The van der Waals surface area contributed by atoms with Gasteiger partial charge in [-0.1, -0.05) is 60.7 Å². The zero-order valence-corrected chi connectivity index (χ0v) is 12.9. The SMILES string of the molecule is O=C1c2ccccc2-c2c1cccc2-c1cnc2ccccc2c1. The van der Waals surface area contributed by atoms with E-state index < -0.39 is 0 Å². The molecule has 112 valence electrons. The number of hydrogen-bond donors (Lipinski definition) is 0. The number of pyridine rings is 1. The van der Waals surface area contributed by atoms with Gasteiger partial charge in [0.05, 0.1) is 5.52 Å². The minimum atomic E-state index is 0.108. The molecule has 0 fully saturated rings. The maximum Gasteiger partial charge on any atom is 0.194 e. The topological polar surface area (TPSA) is 30.0 Å². The molecule has 4 aromatic rings.